The number of fused-ring (bicyclic) bond motifs is 1. The number of pyridine rings is 1. The summed E-state index contributed by atoms with van der Waals surface area (Å²) in [6.45, 7) is 12.0. The standard InChI is InChI=1S/C23H28FN3O2Si/c1-23(2,3)30(4,5)28-15-17-11-12-25-21(20(17)24)27-13-18-19(14-27)29-22(26-18)16-9-7-6-8-10-16/h6-12H,13-15H2,1-5H3. The van der Waals surface area contributed by atoms with E-state index in [1.54, 1.807) is 12.3 Å². The second-order valence-electron chi connectivity index (χ2n) is 9.27. The number of hydrogen-bond acceptors (Lipinski definition) is 5. The number of oxazole rings is 1. The van der Waals surface area contributed by atoms with Crippen LogP contribution < -0.4 is 4.90 Å². The van der Waals surface area contributed by atoms with Gasteiger partial charge in [-0.3, -0.25) is 0 Å². The Morgan fingerprint density at radius 2 is 1.87 bits per heavy atom. The molecule has 158 valence electrons. The zero-order valence-corrected chi connectivity index (χ0v) is 19.2. The zero-order valence-electron chi connectivity index (χ0n) is 18.2. The van der Waals surface area contributed by atoms with Crippen molar-refractivity contribution >= 4 is 14.1 Å². The van der Waals surface area contributed by atoms with Gasteiger partial charge in [-0.2, -0.15) is 0 Å². The van der Waals surface area contributed by atoms with Gasteiger partial charge in [0, 0.05) is 17.3 Å². The largest absolute Gasteiger partial charge is 0.439 e. The molecule has 0 unspecified atom stereocenters. The first-order valence-corrected chi connectivity index (χ1v) is 13.1. The van der Waals surface area contributed by atoms with Gasteiger partial charge in [-0.25, -0.2) is 14.4 Å². The topological polar surface area (TPSA) is 51.4 Å². The number of rotatable bonds is 5. The van der Waals surface area contributed by atoms with Gasteiger partial charge in [0.15, 0.2) is 20.0 Å². The maximum absolute atomic E-state index is 15.3. The van der Waals surface area contributed by atoms with Gasteiger partial charge in [-0.1, -0.05) is 39.0 Å². The van der Waals surface area contributed by atoms with Crippen molar-refractivity contribution in [2.45, 2.75) is 58.6 Å². The van der Waals surface area contributed by atoms with Crippen LogP contribution in [0.3, 0.4) is 0 Å². The van der Waals surface area contributed by atoms with Crippen LogP contribution >= 0.6 is 0 Å². The lowest BCUT2D eigenvalue weighted by molar-refractivity contribution is 0.271. The molecule has 0 N–H and O–H groups in total. The Balaban J connectivity index is 1.50. The van der Waals surface area contributed by atoms with E-state index in [2.05, 4.69) is 43.8 Å². The lowest BCUT2D eigenvalue weighted by Crippen LogP contribution is -2.40. The summed E-state index contributed by atoms with van der Waals surface area (Å²) in [4.78, 5) is 10.8. The van der Waals surface area contributed by atoms with Crippen LogP contribution in [0.15, 0.2) is 47.0 Å². The van der Waals surface area contributed by atoms with Crippen molar-refractivity contribution in [2.75, 3.05) is 4.90 Å². The normalized spacial score (nSPS) is 14.3. The summed E-state index contributed by atoms with van der Waals surface area (Å²) < 4.78 is 27.4. The SMILES string of the molecule is CC(C)(C)[Si](C)(C)OCc1ccnc(N2Cc3nc(-c4ccccc4)oc3C2)c1F. The Morgan fingerprint density at radius 3 is 2.53 bits per heavy atom. The Kier molecular flexibility index (Phi) is 5.28. The number of anilines is 1. The summed E-state index contributed by atoms with van der Waals surface area (Å²) in [5.41, 5.74) is 2.30. The van der Waals surface area contributed by atoms with Gasteiger partial charge in [0.05, 0.1) is 19.7 Å². The minimum Gasteiger partial charge on any atom is -0.439 e. The average Bonchev–Trinajstić information content (AvgIpc) is 3.26. The predicted molar refractivity (Wildman–Crippen MR) is 118 cm³/mol. The summed E-state index contributed by atoms with van der Waals surface area (Å²) in [5, 5.41) is 0.0742. The van der Waals surface area contributed by atoms with Gasteiger partial charge in [0.25, 0.3) is 0 Å². The van der Waals surface area contributed by atoms with Crippen LogP contribution in [0.4, 0.5) is 10.2 Å². The molecule has 2 aromatic heterocycles. The van der Waals surface area contributed by atoms with Gasteiger partial charge < -0.3 is 13.7 Å². The van der Waals surface area contributed by atoms with Crippen LogP contribution in [0.1, 0.15) is 37.8 Å². The number of hydrogen-bond donors (Lipinski definition) is 0. The molecule has 1 aliphatic rings. The molecule has 4 rings (SSSR count). The fourth-order valence-corrected chi connectivity index (χ4v) is 4.12. The van der Waals surface area contributed by atoms with E-state index in [1.165, 1.54) is 0 Å². The van der Waals surface area contributed by atoms with Crippen LogP contribution in [-0.4, -0.2) is 18.3 Å². The molecule has 30 heavy (non-hydrogen) atoms. The second kappa shape index (κ2) is 7.63. The first-order valence-electron chi connectivity index (χ1n) is 10.2. The number of halogens is 1. The molecular formula is C23H28FN3O2Si. The maximum atomic E-state index is 15.3. The maximum Gasteiger partial charge on any atom is 0.226 e. The van der Waals surface area contributed by atoms with E-state index in [0.717, 1.165) is 17.0 Å². The highest BCUT2D eigenvalue weighted by Crippen LogP contribution is 2.38. The lowest BCUT2D eigenvalue weighted by atomic mass is 10.2. The predicted octanol–water partition coefficient (Wildman–Crippen LogP) is 5.92. The number of nitrogens with zero attached hydrogens (tertiary/aromatic N) is 3. The molecule has 1 aromatic carbocycles. The smallest absolute Gasteiger partial charge is 0.226 e. The zero-order chi connectivity index (χ0) is 21.5. The van der Waals surface area contributed by atoms with Crippen LogP contribution in [0, 0.1) is 5.82 Å². The summed E-state index contributed by atoms with van der Waals surface area (Å²) in [6, 6.07) is 11.5. The van der Waals surface area contributed by atoms with E-state index in [9.17, 15) is 0 Å². The van der Waals surface area contributed by atoms with Crippen molar-refractivity contribution in [2.24, 2.45) is 0 Å². The molecule has 0 fully saturated rings. The Bertz CT molecular complexity index is 1020. The number of aromatic nitrogens is 2. The molecule has 0 aliphatic carbocycles. The van der Waals surface area contributed by atoms with Crippen molar-refractivity contribution in [3.05, 3.63) is 65.4 Å². The highest BCUT2D eigenvalue weighted by molar-refractivity contribution is 6.74. The van der Waals surface area contributed by atoms with Crippen LogP contribution in [0.2, 0.25) is 18.1 Å². The molecule has 0 bridgehead atoms. The molecule has 3 aromatic rings. The van der Waals surface area contributed by atoms with Crippen molar-refractivity contribution < 1.29 is 13.2 Å². The first-order chi connectivity index (χ1) is 14.2. The van der Waals surface area contributed by atoms with E-state index >= 15 is 4.39 Å². The third-order valence-electron chi connectivity index (χ3n) is 6.12. The Hall–Kier alpha value is -2.51. The lowest BCUT2D eigenvalue weighted by Gasteiger charge is -2.36. The quantitative estimate of drug-likeness (QED) is 0.475. The van der Waals surface area contributed by atoms with Crippen molar-refractivity contribution in [3.63, 3.8) is 0 Å². The van der Waals surface area contributed by atoms with E-state index in [-0.39, 0.29) is 17.5 Å². The molecule has 0 saturated heterocycles. The molecule has 1 aliphatic heterocycles. The van der Waals surface area contributed by atoms with E-state index in [0.29, 0.717) is 30.4 Å². The minimum absolute atomic E-state index is 0.0742. The molecule has 0 atom stereocenters. The Labute approximate surface area is 178 Å². The fraction of sp³-hybridized carbons (Fsp3) is 0.391. The molecule has 0 radical (unpaired) electrons. The van der Waals surface area contributed by atoms with E-state index in [1.807, 2.05) is 35.2 Å². The van der Waals surface area contributed by atoms with Crippen LogP contribution in [0.25, 0.3) is 11.5 Å². The van der Waals surface area contributed by atoms with E-state index in [4.69, 9.17) is 8.84 Å². The minimum atomic E-state index is -1.96. The van der Waals surface area contributed by atoms with Crippen molar-refractivity contribution in [1.82, 2.24) is 9.97 Å². The van der Waals surface area contributed by atoms with Gasteiger partial charge in [0.1, 0.15) is 11.5 Å². The highest BCUT2D eigenvalue weighted by atomic mass is 28.4. The van der Waals surface area contributed by atoms with E-state index < -0.39 is 8.32 Å². The van der Waals surface area contributed by atoms with Gasteiger partial charge >= 0.3 is 0 Å². The first kappa shape index (κ1) is 20.7. The summed E-state index contributed by atoms with van der Waals surface area (Å²) in [6.07, 6.45) is 1.64. The Morgan fingerprint density at radius 1 is 1.13 bits per heavy atom. The van der Waals surface area contributed by atoms with Crippen molar-refractivity contribution in [1.29, 1.82) is 0 Å². The monoisotopic (exact) mass is 425 g/mol. The third kappa shape index (κ3) is 3.91. The summed E-state index contributed by atoms with van der Waals surface area (Å²) in [7, 11) is -1.96. The molecule has 0 amide bonds. The van der Waals surface area contributed by atoms with Gasteiger partial charge in [-0.05, 0) is 36.3 Å². The highest BCUT2D eigenvalue weighted by Gasteiger charge is 2.37. The molecule has 0 saturated carbocycles. The summed E-state index contributed by atoms with van der Waals surface area (Å²) >= 11 is 0. The fourth-order valence-electron chi connectivity index (χ4n) is 3.17. The molecule has 3 heterocycles. The number of benzene rings is 1. The van der Waals surface area contributed by atoms with Gasteiger partial charge in [-0.15, -0.1) is 0 Å². The van der Waals surface area contributed by atoms with Crippen LogP contribution in [-0.2, 0) is 24.1 Å². The third-order valence-corrected chi connectivity index (χ3v) is 10.6. The summed E-state index contributed by atoms with van der Waals surface area (Å²) in [5.74, 6) is 1.36. The van der Waals surface area contributed by atoms with Gasteiger partial charge in [0.2, 0.25) is 5.89 Å². The van der Waals surface area contributed by atoms with Crippen molar-refractivity contribution in [3.8, 4) is 11.5 Å². The molecule has 5 nitrogen and oxygen atoms in total. The molecule has 7 heteroatoms. The average molecular weight is 426 g/mol. The second-order valence-corrected chi connectivity index (χ2v) is 14.1. The molecular weight excluding hydrogens is 397 g/mol. The van der Waals surface area contributed by atoms with Crippen LogP contribution in [0.5, 0.6) is 0 Å². The molecule has 0 spiro atoms.